The fourth-order valence-corrected chi connectivity index (χ4v) is 4.22. The summed E-state index contributed by atoms with van der Waals surface area (Å²) in [5, 5.41) is 9.22. The summed E-state index contributed by atoms with van der Waals surface area (Å²) in [7, 11) is 0. The van der Waals surface area contributed by atoms with Crippen LogP contribution in [0.4, 0.5) is 29.2 Å². The fraction of sp³-hybridized carbons (Fsp3) is 0.545. The Labute approximate surface area is 219 Å². The van der Waals surface area contributed by atoms with Crippen LogP contribution >= 0.6 is 23.2 Å². The maximum atomic E-state index is 13.3. The Hall–Kier alpha value is -2.80. The highest BCUT2D eigenvalue weighted by Crippen LogP contribution is 2.31. The van der Waals surface area contributed by atoms with Crippen molar-refractivity contribution in [2.24, 2.45) is 0 Å². The van der Waals surface area contributed by atoms with Crippen molar-refractivity contribution in [1.29, 1.82) is 0 Å². The third-order valence-electron chi connectivity index (χ3n) is 5.83. The number of halogens is 6. The second-order valence-electron chi connectivity index (χ2n) is 8.58. The molecule has 15 heteroatoms. The van der Waals surface area contributed by atoms with Crippen molar-refractivity contribution < 1.29 is 32.3 Å². The summed E-state index contributed by atoms with van der Waals surface area (Å²) in [5.74, 6) is -6.28. The number of carbonyl (C=O) groups is 2. The molecule has 202 valence electrons. The second-order valence-corrected chi connectivity index (χ2v) is 9.36. The number of carbonyl (C=O) groups excluding carboxylic acids is 1. The Balaban J connectivity index is 0.000000206. The van der Waals surface area contributed by atoms with E-state index in [9.17, 15) is 27.2 Å². The molecule has 9 nitrogen and oxygen atoms in total. The molecule has 4 heterocycles. The fourth-order valence-electron chi connectivity index (χ4n) is 3.96. The van der Waals surface area contributed by atoms with Crippen LogP contribution in [0.15, 0.2) is 12.4 Å². The minimum Gasteiger partial charge on any atom is -0.476 e. The molecule has 37 heavy (non-hydrogen) atoms. The molecule has 0 spiro atoms. The zero-order valence-electron chi connectivity index (χ0n) is 19.5. The van der Waals surface area contributed by atoms with E-state index in [1.54, 1.807) is 4.90 Å². The van der Waals surface area contributed by atoms with Crippen molar-refractivity contribution in [1.82, 2.24) is 19.9 Å². The summed E-state index contributed by atoms with van der Waals surface area (Å²) in [6, 6.07) is 0. The predicted octanol–water partition coefficient (Wildman–Crippen LogP) is 5.02. The summed E-state index contributed by atoms with van der Waals surface area (Å²) < 4.78 is 53.1. The average molecular weight is 567 g/mol. The summed E-state index contributed by atoms with van der Waals surface area (Å²) in [4.78, 5) is 40.6. The first-order valence-electron chi connectivity index (χ1n) is 11.4. The molecule has 0 amide bonds. The topological polar surface area (TPSA) is 112 Å². The molecule has 0 unspecified atom stereocenters. The van der Waals surface area contributed by atoms with E-state index in [0.717, 1.165) is 6.20 Å². The van der Waals surface area contributed by atoms with E-state index in [0.29, 0.717) is 25.8 Å². The minimum absolute atomic E-state index is 0.0301. The van der Waals surface area contributed by atoms with Gasteiger partial charge in [-0.05, 0) is 12.8 Å². The van der Waals surface area contributed by atoms with Gasteiger partial charge in [-0.15, -0.1) is 0 Å². The smallest absolute Gasteiger partial charge is 0.358 e. The summed E-state index contributed by atoms with van der Waals surface area (Å²) in [6.07, 6.45) is 2.62. The molecule has 2 saturated heterocycles. The summed E-state index contributed by atoms with van der Waals surface area (Å²) >= 11 is 11.4. The molecule has 4 rings (SSSR count). The lowest BCUT2D eigenvalue weighted by Gasteiger charge is -2.22. The number of hydrogen-bond acceptors (Lipinski definition) is 8. The minimum atomic E-state index is -2.72. The molecule has 2 aliphatic heterocycles. The molecular weight excluding hydrogens is 543 g/mol. The van der Waals surface area contributed by atoms with Crippen molar-refractivity contribution in [2.75, 3.05) is 36.0 Å². The number of carboxylic acids is 1. The van der Waals surface area contributed by atoms with E-state index >= 15 is 0 Å². The van der Waals surface area contributed by atoms with Gasteiger partial charge in [-0.2, -0.15) is 0 Å². The van der Waals surface area contributed by atoms with Crippen LogP contribution < -0.4 is 9.80 Å². The quantitative estimate of drug-likeness (QED) is 0.402. The first-order valence-corrected chi connectivity index (χ1v) is 12.2. The number of carboxylic acid groups (broad SMARTS) is 1. The average Bonchev–Trinajstić information content (AvgIpc) is 3.13. The number of anilines is 2. The molecule has 0 atom stereocenters. The van der Waals surface area contributed by atoms with E-state index in [4.69, 9.17) is 28.3 Å². The predicted molar refractivity (Wildman–Crippen MR) is 128 cm³/mol. The van der Waals surface area contributed by atoms with Crippen LogP contribution in [0.2, 0.25) is 10.3 Å². The van der Waals surface area contributed by atoms with E-state index in [2.05, 4.69) is 19.9 Å². The molecule has 0 saturated carbocycles. The monoisotopic (exact) mass is 566 g/mol. The van der Waals surface area contributed by atoms with Gasteiger partial charge in [0.1, 0.15) is 16.0 Å². The molecule has 0 aliphatic carbocycles. The number of rotatable bonds is 4. The highest BCUT2D eigenvalue weighted by molar-refractivity contribution is 6.29. The van der Waals surface area contributed by atoms with Gasteiger partial charge in [0.25, 0.3) is 0 Å². The molecule has 0 aromatic carbocycles. The van der Waals surface area contributed by atoms with Crippen LogP contribution in [0, 0.1) is 0 Å². The Kier molecular flexibility index (Phi) is 9.46. The van der Waals surface area contributed by atoms with Gasteiger partial charge in [0.05, 0.1) is 12.4 Å². The number of nitrogens with zero attached hydrogens (tertiary/aromatic N) is 6. The van der Waals surface area contributed by atoms with Crippen molar-refractivity contribution >= 4 is 47.1 Å². The Bertz CT molecular complexity index is 1130. The molecule has 2 aliphatic rings. The van der Waals surface area contributed by atoms with Crippen LogP contribution in [-0.2, 0) is 0 Å². The van der Waals surface area contributed by atoms with Crippen molar-refractivity contribution in [3.63, 3.8) is 0 Å². The third-order valence-corrected chi connectivity index (χ3v) is 6.19. The number of aromatic carboxylic acids is 1. The number of aldehydes is 1. The number of alkyl halides is 4. The Morgan fingerprint density at radius 2 is 1.32 bits per heavy atom. The summed E-state index contributed by atoms with van der Waals surface area (Å²) in [6.45, 7) is 0.904. The molecular formula is C22H24Cl2F4N6O3. The van der Waals surface area contributed by atoms with Gasteiger partial charge in [-0.1, -0.05) is 23.2 Å². The third kappa shape index (κ3) is 8.09. The van der Waals surface area contributed by atoms with Gasteiger partial charge in [0.2, 0.25) is 11.8 Å². The summed E-state index contributed by atoms with van der Waals surface area (Å²) in [5.41, 5.74) is -0.140. The largest absolute Gasteiger partial charge is 0.476 e. The van der Waals surface area contributed by atoms with E-state index in [-0.39, 0.29) is 78.5 Å². The second kappa shape index (κ2) is 12.2. The van der Waals surface area contributed by atoms with Crippen molar-refractivity contribution in [3.8, 4) is 0 Å². The molecule has 0 radical (unpaired) electrons. The van der Waals surface area contributed by atoms with Crippen molar-refractivity contribution in [2.45, 2.75) is 50.4 Å². The number of hydrogen-bond donors (Lipinski definition) is 1. The molecule has 0 bridgehead atoms. The van der Waals surface area contributed by atoms with Crippen LogP contribution in [0.3, 0.4) is 0 Å². The maximum Gasteiger partial charge on any atom is 0.358 e. The van der Waals surface area contributed by atoms with Crippen LogP contribution in [-0.4, -0.2) is 75.3 Å². The first-order chi connectivity index (χ1) is 17.4. The van der Waals surface area contributed by atoms with E-state index in [1.165, 1.54) is 11.1 Å². The van der Waals surface area contributed by atoms with Gasteiger partial charge >= 0.3 is 5.97 Å². The lowest BCUT2D eigenvalue weighted by atomic mass is 10.1. The van der Waals surface area contributed by atoms with Gasteiger partial charge in [-0.25, -0.2) is 42.3 Å². The molecule has 1 N–H and O–H groups in total. The lowest BCUT2D eigenvalue weighted by Crippen LogP contribution is -2.29. The van der Waals surface area contributed by atoms with Crippen LogP contribution in [0.5, 0.6) is 0 Å². The normalized spacial score (nSPS) is 19.2. The molecule has 2 aromatic heterocycles. The van der Waals surface area contributed by atoms with Crippen molar-refractivity contribution in [3.05, 3.63) is 34.1 Å². The Morgan fingerprint density at radius 3 is 1.84 bits per heavy atom. The van der Waals surface area contributed by atoms with E-state index in [1.807, 2.05) is 0 Å². The number of aromatic nitrogens is 4. The van der Waals surface area contributed by atoms with Gasteiger partial charge in [0.15, 0.2) is 23.6 Å². The van der Waals surface area contributed by atoms with Gasteiger partial charge < -0.3 is 14.9 Å². The van der Waals surface area contributed by atoms with E-state index < -0.39 is 17.8 Å². The lowest BCUT2D eigenvalue weighted by molar-refractivity contribution is -0.0109. The standard InChI is InChI=1S/C11H12ClF2N3O2.C11H12ClF2N3O/c12-7-6-15-8(10(18)19)9(16-7)17-4-1-2-11(13,14)3-5-17;12-9-6-15-8(7-18)10(16-9)17-4-1-2-11(13,14)3-5-17/h6H,1-5H2,(H,18,19);6-7H,1-5H2. The Morgan fingerprint density at radius 1 is 0.838 bits per heavy atom. The first kappa shape index (κ1) is 28.8. The maximum absolute atomic E-state index is 13.3. The van der Waals surface area contributed by atoms with Gasteiger partial charge in [-0.3, -0.25) is 4.79 Å². The zero-order chi connectivity index (χ0) is 27.2. The highest BCUT2D eigenvalue weighted by atomic mass is 35.5. The van der Waals surface area contributed by atoms with Crippen LogP contribution in [0.1, 0.15) is 59.5 Å². The van der Waals surface area contributed by atoms with Crippen LogP contribution in [0.25, 0.3) is 0 Å². The molecule has 2 fully saturated rings. The molecule has 2 aromatic rings. The zero-order valence-corrected chi connectivity index (χ0v) is 21.0. The highest BCUT2D eigenvalue weighted by Gasteiger charge is 2.34. The SMILES string of the molecule is O=C(O)c1ncc(Cl)nc1N1CCCC(F)(F)CC1.O=Cc1ncc(Cl)nc1N1CCCC(F)(F)CC1. The van der Waals surface area contributed by atoms with Gasteiger partial charge in [0, 0.05) is 51.9 Å².